The van der Waals surface area contributed by atoms with E-state index in [-0.39, 0.29) is 0 Å². The Labute approximate surface area is 160 Å². The maximum absolute atomic E-state index is 6.16. The molecular weight excluding hydrogens is 336 g/mol. The first-order chi connectivity index (χ1) is 13.3. The summed E-state index contributed by atoms with van der Waals surface area (Å²) in [5, 5.41) is 1.08. The molecule has 2 fully saturated rings. The van der Waals surface area contributed by atoms with Crippen LogP contribution in [-0.4, -0.2) is 47.6 Å². The molecule has 0 spiro atoms. The highest BCUT2D eigenvalue weighted by atomic mass is 16.3. The maximum atomic E-state index is 6.16. The van der Waals surface area contributed by atoms with Gasteiger partial charge in [-0.2, -0.15) is 0 Å². The first-order valence-corrected chi connectivity index (χ1v) is 10.4. The second-order valence-electron chi connectivity index (χ2n) is 8.41. The number of benzene rings is 1. The predicted octanol–water partition coefficient (Wildman–Crippen LogP) is 4.32. The third kappa shape index (κ3) is 3.29. The Hall–Kier alpha value is -2.14. The average Bonchev–Trinajstić information content (AvgIpc) is 3.09. The molecule has 0 saturated carbocycles. The van der Waals surface area contributed by atoms with Crippen LogP contribution < -0.4 is 4.90 Å². The zero-order chi connectivity index (χ0) is 18.2. The van der Waals surface area contributed by atoms with Gasteiger partial charge in [-0.05, 0) is 62.7 Å². The summed E-state index contributed by atoms with van der Waals surface area (Å²) in [7, 11) is 0. The van der Waals surface area contributed by atoms with Crippen molar-refractivity contribution < 1.29 is 4.42 Å². The van der Waals surface area contributed by atoms with Crippen LogP contribution in [0.1, 0.15) is 32.6 Å². The Morgan fingerprint density at radius 3 is 2.81 bits per heavy atom. The Kier molecular flexibility index (Phi) is 4.48. The van der Waals surface area contributed by atoms with E-state index in [9.17, 15) is 0 Å². The maximum Gasteiger partial charge on any atom is 0.196 e. The molecule has 1 unspecified atom stereocenters. The molecule has 2 aliphatic heterocycles. The lowest BCUT2D eigenvalue weighted by Gasteiger charge is -2.38. The van der Waals surface area contributed by atoms with Crippen molar-refractivity contribution >= 4 is 27.9 Å². The minimum atomic E-state index is 0.710. The molecule has 2 saturated heterocycles. The van der Waals surface area contributed by atoms with Crippen LogP contribution in [0, 0.1) is 11.8 Å². The SMILES string of the molecule is CC1CCN(CC2CCCN(c3ncnc4c3oc3ccccc34)C2)CC1. The minimum Gasteiger partial charge on any atom is -0.450 e. The molecule has 142 valence electrons. The topological polar surface area (TPSA) is 45.4 Å². The number of para-hydroxylation sites is 1. The zero-order valence-electron chi connectivity index (χ0n) is 16.1. The van der Waals surface area contributed by atoms with Crippen LogP contribution in [-0.2, 0) is 0 Å². The summed E-state index contributed by atoms with van der Waals surface area (Å²) in [4.78, 5) is 14.2. The molecular formula is C22H28N4O. The van der Waals surface area contributed by atoms with Crippen molar-refractivity contribution in [3.63, 3.8) is 0 Å². The molecule has 1 aromatic carbocycles. The molecule has 0 radical (unpaired) electrons. The fourth-order valence-electron chi connectivity index (χ4n) is 4.75. The van der Waals surface area contributed by atoms with E-state index in [0.29, 0.717) is 5.92 Å². The summed E-state index contributed by atoms with van der Waals surface area (Å²) in [6.45, 7) is 8.24. The molecule has 2 aromatic heterocycles. The van der Waals surface area contributed by atoms with E-state index in [1.165, 1.54) is 45.3 Å². The predicted molar refractivity (Wildman–Crippen MR) is 109 cm³/mol. The fourth-order valence-corrected chi connectivity index (χ4v) is 4.75. The highest BCUT2D eigenvalue weighted by Gasteiger charge is 2.27. The van der Waals surface area contributed by atoms with Crippen LogP contribution in [0.2, 0.25) is 0 Å². The second kappa shape index (κ2) is 7.12. The van der Waals surface area contributed by atoms with Crippen molar-refractivity contribution in [1.82, 2.24) is 14.9 Å². The van der Waals surface area contributed by atoms with E-state index in [2.05, 4.69) is 32.8 Å². The van der Waals surface area contributed by atoms with E-state index in [4.69, 9.17) is 4.42 Å². The van der Waals surface area contributed by atoms with E-state index >= 15 is 0 Å². The van der Waals surface area contributed by atoms with Gasteiger partial charge in [0.05, 0.1) is 0 Å². The van der Waals surface area contributed by atoms with Crippen molar-refractivity contribution in [2.45, 2.75) is 32.6 Å². The summed E-state index contributed by atoms with van der Waals surface area (Å²) in [6, 6.07) is 8.13. The van der Waals surface area contributed by atoms with Crippen molar-refractivity contribution in [1.29, 1.82) is 0 Å². The molecule has 0 N–H and O–H groups in total. The number of rotatable bonds is 3. The fraction of sp³-hybridized carbons (Fsp3) is 0.545. The van der Waals surface area contributed by atoms with Crippen LogP contribution in [0.25, 0.3) is 22.1 Å². The largest absolute Gasteiger partial charge is 0.450 e. The van der Waals surface area contributed by atoms with Gasteiger partial charge < -0.3 is 14.2 Å². The molecule has 2 aliphatic rings. The quantitative estimate of drug-likeness (QED) is 0.692. The van der Waals surface area contributed by atoms with Gasteiger partial charge >= 0.3 is 0 Å². The smallest absolute Gasteiger partial charge is 0.196 e. The second-order valence-corrected chi connectivity index (χ2v) is 8.41. The third-order valence-corrected chi connectivity index (χ3v) is 6.35. The monoisotopic (exact) mass is 364 g/mol. The first-order valence-electron chi connectivity index (χ1n) is 10.4. The number of furan rings is 1. The summed E-state index contributed by atoms with van der Waals surface area (Å²) in [5.74, 6) is 2.57. The Balaban J connectivity index is 1.38. The van der Waals surface area contributed by atoms with Crippen molar-refractivity contribution in [2.75, 3.05) is 37.6 Å². The van der Waals surface area contributed by atoms with Crippen molar-refractivity contribution in [2.24, 2.45) is 11.8 Å². The molecule has 3 aromatic rings. The van der Waals surface area contributed by atoms with Crippen LogP contribution in [0.5, 0.6) is 0 Å². The highest BCUT2D eigenvalue weighted by molar-refractivity contribution is 6.05. The lowest BCUT2D eigenvalue weighted by atomic mass is 9.94. The molecule has 5 heteroatoms. The van der Waals surface area contributed by atoms with Crippen molar-refractivity contribution in [3.8, 4) is 0 Å². The number of likely N-dealkylation sites (tertiary alicyclic amines) is 1. The lowest BCUT2D eigenvalue weighted by molar-refractivity contribution is 0.159. The number of aromatic nitrogens is 2. The number of hydrogen-bond acceptors (Lipinski definition) is 5. The minimum absolute atomic E-state index is 0.710. The normalized spacial score (nSPS) is 22.7. The molecule has 4 heterocycles. The number of hydrogen-bond donors (Lipinski definition) is 0. The molecule has 0 aliphatic carbocycles. The summed E-state index contributed by atoms with van der Waals surface area (Å²) in [6.07, 6.45) is 6.93. The van der Waals surface area contributed by atoms with Gasteiger partial charge in [0.15, 0.2) is 11.4 Å². The zero-order valence-corrected chi connectivity index (χ0v) is 16.1. The van der Waals surface area contributed by atoms with Gasteiger partial charge in [-0.15, -0.1) is 0 Å². The molecule has 0 bridgehead atoms. The van der Waals surface area contributed by atoms with Gasteiger partial charge in [0, 0.05) is 25.0 Å². The van der Waals surface area contributed by atoms with Gasteiger partial charge in [-0.1, -0.05) is 19.1 Å². The van der Waals surface area contributed by atoms with Gasteiger partial charge in [0.1, 0.15) is 17.4 Å². The lowest BCUT2D eigenvalue weighted by Crippen LogP contribution is -2.43. The Morgan fingerprint density at radius 1 is 1.07 bits per heavy atom. The van der Waals surface area contributed by atoms with E-state index in [0.717, 1.165) is 46.9 Å². The first kappa shape index (κ1) is 17.0. The average molecular weight is 364 g/mol. The molecule has 1 atom stereocenters. The third-order valence-electron chi connectivity index (χ3n) is 6.35. The highest BCUT2D eigenvalue weighted by Crippen LogP contribution is 2.34. The number of nitrogens with zero attached hydrogens (tertiary/aromatic N) is 4. The standard InChI is InChI=1S/C22H28N4O/c1-16-8-11-25(12-9-16)13-17-5-4-10-26(14-17)22-21-20(23-15-24-22)18-6-2-3-7-19(18)27-21/h2-3,6-7,15-17H,4-5,8-14H2,1H3. The van der Waals surface area contributed by atoms with E-state index in [1.54, 1.807) is 6.33 Å². The van der Waals surface area contributed by atoms with E-state index < -0.39 is 0 Å². The number of fused-ring (bicyclic) bond motifs is 3. The molecule has 0 amide bonds. The van der Waals surface area contributed by atoms with Crippen LogP contribution in [0.15, 0.2) is 35.0 Å². The number of piperidine rings is 2. The summed E-state index contributed by atoms with van der Waals surface area (Å²) in [5.41, 5.74) is 2.67. The van der Waals surface area contributed by atoms with Crippen LogP contribution >= 0.6 is 0 Å². The van der Waals surface area contributed by atoms with Crippen LogP contribution in [0.3, 0.4) is 0 Å². The Bertz CT molecular complexity index is 928. The van der Waals surface area contributed by atoms with Crippen molar-refractivity contribution in [3.05, 3.63) is 30.6 Å². The van der Waals surface area contributed by atoms with Gasteiger partial charge in [-0.25, -0.2) is 9.97 Å². The van der Waals surface area contributed by atoms with Gasteiger partial charge in [-0.3, -0.25) is 0 Å². The van der Waals surface area contributed by atoms with E-state index in [1.807, 2.05) is 18.2 Å². The van der Waals surface area contributed by atoms with Crippen LogP contribution in [0.4, 0.5) is 5.82 Å². The molecule has 5 rings (SSSR count). The molecule has 5 nitrogen and oxygen atoms in total. The number of anilines is 1. The summed E-state index contributed by atoms with van der Waals surface area (Å²) < 4.78 is 6.16. The summed E-state index contributed by atoms with van der Waals surface area (Å²) >= 11 is 0. The van der Waals surface area contributed by atoms with Gasteiger partial charge in [0.2, 0.25) is 0 Å². The van der Waals surface area contributed by atoms with Gasteiger partial charge in [0.25, 0.3) is 0 Å². The molecule has 27 heavy (non-hydrogen) atoms. The Morgan fingerprint density at radius 2 is 1.93 bits per heavy atom.